The Kier molecular flexibility index (Phi) is 4.54. The van der Waals surface area contributed by atoms with E-state index in [1.54, 1.807) is 0 Å². The number of carbonyl (C=O) groups excluding carboxylic acids is 2. The molecule has 1 amide bonds. The molecule has 7 nitrogen and oxygen atoms in total. The van der Waals surface area contributed by atoms with Crippen molar-refractivity contribution in [3.63, 3.8) is 0 Å². The summed E-state index contributed by atoms with van der Waals surface area (Å²) in [5.41, 5.74) is -1.56. The highest BCUT2D eigenvalue weighted by Gasteiger charge is 2.47. The summed E-state index contributed by atoms with van der Waals surface area (Å²) in [6.45, 7) is 0. The van der Waals surface area contributed by atoms with Gasteiger partial charge in [-0.15, -0.1) is 0 Å². The zero-order valence-corrected chi connectivity index (χ0v) is 14.1. The first-order valence-electron chi connectivity index (χ1n) is 7.12. The van der Waals surface area contributed by atoms with Gasteiger partial charge in [-0.3, -0.25) is 9.59 Å². The van der Waals surface area contributed by atoms with E-state index in [4.69, 9.17) is 28.4 Å². The lowest BCUT2D eigenvalue weighted by Gasteiger charge is -2.20. The van der Waals surface area contributed by atoms with Crippen molar-refractivity contribution in [2.24, 2.45) is 0 Å². The van der Waals surface area contributed by atoms with Crippen LogP contribution in [0.5, 0.6) is 0 Å². The monoisotopic (exact) mass is 382 g/mol. The van der Waals surface area contributed by atoms with E-state index in [2.05, 4.69) is 5.32 Å². The van der Waals surface area contributed by atoms with Gasteiger partial charge in [-0.2, -0.15) is 5.23 Å². The topological polar surface area (TPSA) is 114 Å². The number of quaternary nitrogens is 1. The second-order valence-corrected chi connectivity index (χ2v) is 6.45. The number of ketones is 1. The van der Waals surface area contributed by atoms with Crippen molar-refractivity contribution in [1.29, 1.82) is 0 Å². The van der Waals surface area contributed by atoms with E-state index in [9.17, 15) is 19.9 Å². The minimum atomic E-state index is -2.10. The average molecular weight is 383 g/mol. The van der Waals surface area contributed by atoms with Crippen molar-refractivity contribution in [2.75, 3.05) is 5.32 Å². The number of amides is 1. The third kappa shape index (κ3) is 3.13. The smallest absolute Gasteiger partial charge is 0.261 e. The highest BCUT2D eigenvalue weighted by molar-refractivity contribution is 6.37. The predicted octanol–water partition coefficient (Wildman–Crippen LogP) is 1.81. The van der Waals surface area contributed by atoms with Crippen LogP contribution in [-0.4, -0.2) is 22.0 Å². The largest absolute Gasteiger partial charge is 0.595 e. The molecule has 0 aliphatic carbocycles. The maximum atomic E-state index is 12.5. The molecule has 25 heavy (non-hydrogen) atoms. The standard InChI is InChI=1S/C16H12Cl2N2O5/c17-9-5-11-14(12(18)6-9)19-15(22)16(11,23)7-13(21)8-1-3-10(4-2-8)20(24)25/h1-6,20,23-24H,7H2,(H,19,22). The molecule has 9 heteroatoms. The molecule has 2 aromatic rings. The first kappa shape index (κ1) is 17.8. The van der Waals surface area contributed by atoms with E-state index in [0.29, 0.717) is 0 Å². The predicted molar refractivity (Wildman–Crippen MR) is 90.2 cm³/mol. The van der Waals surface area contributed by atoms with Crippen molar-refractivity contribution < 1.29 is 25.1 Å². The molecule has 0 spiro atoms. The zero-order valence-electron chi connectivity index (χ0n) is 12.5. The van der Waals surface area contributed by atoms with Gasteiger partial charge in [-0.25, -0.2) is 5.21 Å². The Bertz CT molecular complexity index is 870. The number of hydrogen-bond donors (Lipinski definition) is 4. The summed E-state index contributed by atoms with van der Waals surface area (Å²) in [6, 6.07) is 8.00. The minimum absolute atomic E-state index is 0.0257. The second-order valence-electron chi connectivity index (χ2n) is 5.61. The Morgan fingerprint density at radius 2 is 1.88 bits per heavy atom. The van der Waals surface area contributed by atoms with Gasteiger partial charge in [0.05, 0.1) is 17.1 Å². The van der Waals surface area contributed by atoms with Crippen LogP contribution in [0, 0.1) is 5.21 Å². The van der Waals surface area contributed by atoms with Crippen LogP contribution < -0.4 is 10.5 Å². The third-order valence-electron chi connectivity index (χ3n) is 3.98. The fraction of sp³-hybridized carbons (Fsp3) is 0.125. The van der Waals surface area contributed by atoms with Crippen LogP contribution in [0.1, 0.15) is 22.3 Å². The zero-order chi connectivity index (χ0) is 18.4. The molecule has 0 saturated heterocycles. The molecular formula is C16H12Cl2N2O5. The Balaban J connectivity index is 1.92. The molecule has 3 rings (SSSR count). The molecule has 1 aliphatic rings. The first-order chi connectivity index (χ1) is 11.7. The van der Waals surface area contributed by atoms with E-state index in [1.165, 1.54) is 36.4 Å². The molecule has 0 bridgehead atoms. The van der Waals surface area contributed by atoms with Crippen LogP contribution >= 0.6 is 23.2 Å². The number of halogens is 2. The molecule has 0 fully saturated rings. The van der Waals surface area contributed by atoms with Crippen LogP contribution in [0.25, 0.3) is 0 Å². The highest BCUT2D eigenvalue weighted by Crippen LogP contribution is 2.44. The van der Waals surface area contributed by atoms with E-state index in [1.807, 2.05) is 0 Å². The molecule has 2 atom stereocenters. The van der Waals surface area contributed by atoms with Crippen molar-refractivity contribution in [3.8, 4) is 0 Å². The van der Waals surface area contributed by atoms with E-state index >= 15 is 0 Å². The molecule has 0 radical (unpaired) electrons. The number of anilines is 1. The Morgan fingerprint density at radius 1 is 1.24 bits per heavy atom. The molecule has 1 heterocycles. The number of Topliss-reactive ketones (excluding diaryl/α,β-unsaturated/α-hetero) is 1. The third-order valence-corrected chi connectivity index (χ3v) is 4.50. The van der Waals surface area contributed by atoms with Crippen molar-refractivity contribution in [3.05, 3.63) is 62.8 Å². The maximum absolute atomic E-state index is 12.5. The summed E-state index contributed by atoms with van der Waals surface area (Å²) in [7, 11) is 0. The number of fused-ring (bicyclic) bond motifs is 1. The Labute approximate surface area is 151 Å². The van der Waals surface area contributed by atoms with Crippen LogP contribution in [0.15, 0.2) is 36.4 Å². The van der Waals surface area contributed by atoms with Crippen molar-refractivity contribution >= 4 is 46.3 Å². The van der Waals surface area contributed by atoms with Gasteiger partial charge >= 0.3 is 0 Å². The first-order valence-corrected chi connectivity index (χ1v) is 7.88. The van der Waals surface area contributed by atoms with Gasteiger partial charge in [0, 0.05) is 28.3 Å². The molecule has 130 valence electrons. The van der Waals surface area contributed by atoms with E-state index in [0.717, 1.165) is 0 Å². The maximum Gasteiger partial charge on any atom is 0.261 e. The van der Waals surface area contributed by atoms with Gasteiger partial charge in [0.15, 0.2) is 17.1 Å². The van der Waals surface area contributed by atoms with Gasteiger partial charge in [0.1, 0.15) is 0 Å². The van der Waals surface area contributed by atoms with Gasteiger partial charge in [-0.05, 0) is 24.3 Å². The lowest BCUT2D eigenvalue weighted by molar-refractivity contribution is -0.991. The minimum Gasteiger partial charge on any atom is -0.595 e. The van der Waals surface area contributed by atoms with E-state index in [-0.39, 0.29) is 32.5 Å². The fourth-order valence-corrected chi connectivity index (χ4v) is 3.22. The van der Waals surface area contributed by atoms with Gasteiger partial charge in [0.2, 0.25) is 0 Å². The fourth-order valence-electron chi connectivity index (χ4n) is 2.67. The average Bonchev–Trinajstić information content (AvgIpc) is 2.80. The number of nitrogens with one attached hydrogen (secondary N) is 2. The molecule has 2 unspecified atom stereocenters. The van der Waals surface area contributed by atoms with Crippen LogP contribution in [-0.2, 0) is 10.4 Å². The molecule has 0 saturated carbocycles. The highest BCUT2D eigenvalue weighted by atomic mass is 35.5. The van der Waals surface area contributed by atoms with Crippen LogP contribution in [0.4, 0.5) is 11.4 Å². The van der Waals surface area contributed by atoms with Crippen molar-refractivity contribution in [1.82, 2.24) is 0 Å². The molecular weight excluding hydrogens is 371 g/mol. The van der Waals surface area contributed by atoms with Crippen LogP contribution in [0.3, 0.4) is 0 Å². The summed E-state index contributed by atoms with van der Waals surface area (Å²) >= 11 is 11.9. The summed E-state index contributed by atoms with van der Waals surface area (Å²) in [4.78, 5) is 24.7. The summed E-state index contributed by atoms with van der Waals surface area (Å²) in [5.74, 6) is -1.30. The van der Waals surface area contributed by atoms with Crippen molar-refractivity contribution in [2.45, 2.75) is 12.0 Å². The number of rotatable bonds is 4. The quantitative estimate of drug-likeness (QED) is 0.475. The Morgan fingerprint density at radius 3 is 2.48 bits per heavy atom. The van der Waals surface area contributed by atoms with Gasteiger partial charge in [0.25, 0.3) is 5.91 Å². The Hall–Kier alpha value is -2.00. The van der Waals surface area contributed by atoms with Gasteiger partial charge in [-0.1, -0.05) is 23.2 Å². The van der Waals surface area contributed by atoms with Crippen LogP contribution in [0.2, 0.25) is 10.0 Å². The molecule has 1 aliphatic heterocycles. The van der Waals surface area contributed by atoms with E-state index < -0.39 is 28.9 Å². The molecule has 4 N–H and O–H groups in total. The second kappa shape index (κ2) is 6.38. The number of carbonyl (C=O) groups is 2. The number of hydrogen-bond acceptors (Lipinski definition) is 5. The number of aliphatic hydroxyl groups is 1. The molecule has 0 aromatic heterocycles. The SMILES string of the molecule is O=C(CC1(O)C(=O)Nc2c(Cl)cc(Cl)cc21)c1ccc([NH+]([O-])O)cc1. The molecule has 2 aromatic carbocycles. The summed E-state index contributed by atoms with van der Waals surface area (Å²) in [6.07, 6.45) is -0.533. The number of benzene rings is 2. The normalized spacial score (nSPS) is 20.1. The lowest BCUT2D eigenvalue weighted by atomic mass is 9.88. The lowest BCUT2D eigenvalue weighted by Crippen LogP contribution is -2.99. The summed E-state index contributed by atoms with van der Waals surface area (Å²) < 4.78 is 0. The van der Waals surface area contributed by atoms with Gasteiger partial charge < -0.3 is 15.6 Å². The summed E-state index contributed by atoms with van der Waals surface area (Å²) in [5, 5.41) is 32.2.